The van der Waals surface area contributed by atoms with E-state index in [9.17, 15) is 5.11 Å². The van der Waals surface area contributed by atoms with Gasteiger partial charge in [-0.3, -0.25) is 0 Å². The van der Waals surface area contributed by atoms with Gasteiger partial charge in [-0.25, -0.2) is 0 Å². The van der Waals surface area contributed by atoms with Crippen LogP contribution in [0.3, 0.4) is 0 Å². The summed E-state index contributed by atoms with van der Waals surface area (Å²) in [5.41, 5.74) is 0. The Morgan fingerprint density at radius 2 is 1.91 bits per heavy atom. The van der Waals surface area contributed by atoms with E-state index < -0.39 is 24.1 Å². The van der Waals surface area contributed by atoms with Crippen molar-refractivity contribution in [1.82, 2.24) is 0 Å². The molecule has 4 N–H and O–H groups in total. The average Bonchev–Trinajstić information content (AvgIpc) is 1.95. The van der Waals surface area contributed by atoms with Crippen LogP contribution in [0.15, 0.2) is 0 Å². The molecule has 0 aromatic heterocycles. The molecule has 1 fully saturated rings. The van der Waals surface area contributed by atoms with Gasteiger partial charge in [0.1, 0.15) is 18.3 Å². The van der Waals surface area contributed by atoms with Crippen molar-refractivity contribution in [2.75, 3.05) is 6.61 Å². The number of rotatable bonds is 0. The van der Waals surface area contributed by atoms with Gasteiger partial charge in [0.15, 0.2) is 5.79 Å². The van der Waals surface area contributed by atoms with Crippen molar-refractivity contribution in [3.05, 3.63) is 0 Å². The first-order valence-corrected chi connectivity index (χ1v) is 3.35. The molecule has 0 radical (unpaired) electrons. The lowest BCUT2D eigenvalue weighted by atomic mass is 9.98. The zero-order valence-electron chi connectivity index (χ0n) is 6.14. The first kappa shape index (κ1) is 8.89. The Morgan fingerprint density at radius 3 is 2.36 bits per heavy atom. The summed E-state index contributed by atoms with van der Waals surface area (Å²) in [5.74, 6) is -1.77. The van der Waals surface area contributed by atoms with Crippen molar-refractivity contribution < 1.29 is 25.2 Å². The van der Waals surface area contributed by atoms with E-state index in [0.29, 0.717) is 0 Å². The fraction of sp³-hybridized carbons (Fsp3) is 1.00. The molecule has 1 heterocycles. The third-order valence-electron chi connectivity index (χ3n) is 1.81. The molecule has 0 aliphatic carbocycles. The lowest BCUT2D eigenvalue weighted by molar-refractivity contribution is -0.312. The summed E-state index contributed by atoms with van der Waals surface area (Å²) in [7, 11) is 0. The van der Waals surface area contributed by atoms with Gasteiger partial charge in [-0.2, -0.15) is 0 Å². The maximum atomic E-state index is 9.19. The smallest absolute Gasteiger partial charge is 0.191 e. The molecule has 66 valence electrons. The lowest BCUT2D eigenvalue weighted by Gasteiger charge is -2.39. The SMILES string of the molecule is C[C@]1(O)OC[C@@H](O)C(O)[C@@H]1O. The minimum atomic E-state index is -1.77. The molecule has 0 bridgehead atoms. The molecule has 1 aliphatic heterocycles. The summed E-state index contributed by atoms with van der Waals surface area (Å²) in [6.45, 7) is 1.05. The second-order valence-corrected chi connectivity index (χ2v) is 2.87. The van der Waals surface area contributed by atoms with E-state index in [1.54, 1.807) is 0 Å². The second kappa shape index (κ2) is 2.69. The van der Waals surface area contributed by atoms with Crippen LogP contribution >= 0.6 is 0 Å². The Morgan fingerprint density at radius 1 is 1.36 bits per heavy atom. The van der Waals surface area contributed by atoms with E-state index in [1.807, 2.05) is 0 Å². The summed E-state index contributed by atoms with van der Waals surface area (Å²) in [6.07, 6.45) is -3.95. The van der Waals surface area contributed by atoms with Gasteiger partial charge in [0.05, 0.1) is 6.61 Å². The van der Waals surface area contributed by atoms with Crippen LogP contribution in [0.5, 0.6) is 0 Å². The number of aliphatic hydroxyl groups is 4. The highest BCUT2D eigenvalue weighted by Crippen LogP contribution is 2.22. The van der Waals surface area contributed by atoms with Crippen molar-refractivity contribution in [3.8, 4) is 0 Å². The van der Waals surface area contributed by atoms with Crippen LogP contribution < -0.4 is 0 Å². The number of aliphatic hydroxyl groups excluding tert-OH is 3. The normalized spacial score (nSPS) is 52.6. The molecule has 4 atom stereocenters. The Bertz CT molecular complexity index is 146. The minimum Gasteiger partial charge on any atom is -0.388 e. The molecule has 5 heteroatoms. The van der Waals surface area contributed by atoms with Crippen LogP contribution in [0, 0.1) is 0 Å². The minimum absolute atomic E-state index is 0.175. The topological polar surface area (TPSA) is 90.2 Å². The monoisotopic (exact) mass is 164 g/mol. The summed E-state index contributed by atoms with van der Waals surface area (Å²) >= 11 is 0. The second-order valence-electron chi connectivity index (χ2n) is 2.87. The number of ether oxygens (including phenoxy) is 1. The van der Waals surface area contributed by atoms with Crippen molar-refractivity contribution in [3.63, 3.8) is 0 Å². The van der Waals surface area contributed by atoms with Crippen LogP contribution in [0.4, 0.5) is 0 Å². The third-order valence-corrected chi connectivity index (χ3v) is 1.81. The predicted molar refractivity (Wildman–Crippen MR) is 34.6 cm³/mol. The Hall–Kier alpha value is -0.200. The van der Waals surface area contributed by atoms with E-state index >= 15 is 0 Å². The molecule has 1 unspecified atom stereocenters. The first-order valence-electron chi connectivity index (χ1n) is 3.35. The fourth-order valence-corrected chi connectivity index (χ4v) is 0.965. The molecule has 1 aliphatic rings. The summed E-state index contributed by atoms with van der Waals surface area (Å²) in [5, 5.41) is 36.3. The van der Waals surface area contributed by atoms with Gasteiger partial charge in [-0.05, 0) is 6.92 Å². The summed E-state index contributed by atoms with van der Waals surface area (Å²) < 4.78 is 4.66. The zero-order chi connectivity index (χ0) is 8.65. The van der Waals surface area contributed by atoms with Gasteiger partial charge in [-0.15, -0.1) is 0 Å². The molecule has 5 nitrogen and oxygen atoms in total. The molecule has 0 aromatic carbocycles. The largest absolute Gasteiger partial charge is 0.388 e. The van der Waals surface area contributed by atoms with Crippen LogP contribution in [-0.4, -0.2) is 51.1 Å². The fourth-order valence-electron chi connectivity index (χ4n) is 0.965. The van der Waals surface area contributed by atoms with Crippen LogP contribution in [0.25, 0.3) is 0 Å². The highest BCUT2D eigenvalue weighted by Gasteiger charge is 2.44. The van der Waals surface area contributed by atoms with Crippen molar-refractivity contribution in [1.29, 1.82) is 0 Å². The standard InChI is InChI=1S/C6H12O5/c1-6(10)5(9)4(8)3(7)2-11-6/h3-5,7-10H,2H2,1H3/t3-,4?,5+,6+/m1/s1. The molecular weight excluding hydrogens is 152 g/mol. The molecule has 0 spiro atoms. The molecule has 0 amide bonds. The van der Waals surface area contributed by atoms with Crippen LogP contribution in [-0.2, 0) is 4.74 Å². The van der Waals surface area contributed by atoms with Gasteiger partial charge in [-0.1, -0.05) is 0 Å². The van der Waals surface area contributed by atoms with E-state index in [4.69, 9.17) is 15.3 Å². The number of hydrogen-bond donors (Lipinski definition) is 4. The Kier molecular flexibility index (Phi) is 2.17. The quantitative estimate of drug-likeness (QED) is 0.326. The maximum Gasteiger partial charge on any atom is 0.191 e. The summed E-state index contributed by atoms with van der Waals surface area (Å²) in [4.78, 5) is 0. The van der Waals surface area contributed by atoms with E-state index in [-0.39, 0.29) is 6.61 Å². The van der Waals surface area contributed by atoms with Gasteiger partial charge in [0.2, 0.25) is 0 Å². The van der Waals surface area contributed by atoms with E-state index in [2.05, 4.69) is 4.74 Å². The van der Waals surface area contributed by atoms with Gasteiger partial charge < -0.3 is 25.2 Å². The third kappa shape index (κ3) is 1.52. The predicted octanol–water partition coefficient (Wildman–Crippen LogP) is -2.19. The van der Waals surface area contributed by atoms with Gasteiger partial charge >= 0.3 is 0 Å². The molecule has 11 heavy (non-hydrogen) atoms. The summed E-state index contributed by atoms with van der Waals surface area (Å²) in [6, 6.07) is 0. The van der Waals surface area contributed by atoms with E-state index in [0.717, 1.165) is 0 Å². The molecule has 1 saturated heterocycles. The first-order chi connectivity index (χ1) is 4.95. The van der Waals surface area contributed by atoms with Crippen molar-refractivity contribution in [2.24, 2.45) is 0 Å². The maximum absolute atomic E-state index is 9.19. The number of hydrogen-bond acceptors (Lipinski definition) is 5. The highest BCUT2D eigenvalue weighted by atomic mass is 16.6. The van der Waals surface area contributed by atoms with Crippen LogP contribution in [0.1, 0.15) is 6.92 Å². The Labute approximate surface area is 63.8 Å². The highest BCUT2D eigenvalue weighted by molar-refractivity contribution is 4.88. The van der Waals surface area contributed by atoms with Gasteiger partial charge in [0.25, 0.3) is 0 Å². The molecular formula is C6H12O5. The van der Waals surface area contributed by atoms with Crippen LogP contribution in [0.2, 0.25) is 0 Å². The van der Waals surface area contributed by atoms with Gasteiger partial charge in [0, 0.05) is 0 Å². The zero-order valence-corrected chi connectivity index (χ0v) is 6.14. The molecule has 0 saturated carbocycles. The average molecular weight is 164 g/mol. The van der Waals surface area contributed by atoms with Crippen molar-refractivity contribution >= 4 is 0 Å². The van der Waals surface area contributed by atoms with E-state index in [1.165, 1.54) is 6.92 Å². The molecule has 0 aromatic rings. The Balaban J connectivity index is 2.67. The lowest BCUT2D eigenvalue weighted by Crippen LogP contribution is -2.59. The molecule has 1 rings (SSSR count). The van der Waals surface area contributed by atoms with Crippen molar-refractivity contribution in [2.45, 2.75) is 31.0 Å².